The molecule has 1 aromatic carbocycles. The second-order valence-corrected chi connectivity index (χ2v) is 6.61. The minimum Gasteiger partial charge on any atom is -0.444 e. The standard InChI is InChI=1S/C15H21ClN2O2/c1-15(2,3)20-14(19)18-10-4-5-13(16)12(7-10)11-6-9(11)8-17/h4-5,7,9,11H,6,8,17H2,1-3H3,(H,18,19). The molecule has 0 spiro atoms. The van der Waals surface area contributed by atoms with Gasteiger partial charge in [0.05, 0.1) is 0 Å². The maximum absolute atomic E-state index is 11.7. The third kappa shape index (κ3) is 3.87. The van der Waals surface area contributed by atoms with Gasteiger partial charge in [-0.15, -0.1) is 0 Å². The molecule has 2 unspecified atom stereocenters. The van der Waals surface area contributed by atoms with E-state index in [9.17, 15) is 4.79 Å². The number of hydrogen-bond acceptors (Lipinski definition) is 3. The lowest BCUT2D eigenvalue weighted by atomic mass is 10.1. The Kier molecular flexibility index (Phi) is 4.25. The van der Waals surface area contributed by atoms with Crippen molar-refractivity contribution in [2.45, 2.75) is 38.7 Å². The van der Waals surface area contributed by atoms with Crippen LogP contribution in [0.25, 0.3) is 0 Å². The Balaban J connectivity index is 2.06. The van der Waals surface area contributed by atoms with Crippen molar-refractivity contribution < 1.29 is 9.53 Å². The fourth-order valence-electron chi connectivity index (χ4n) is 2.22. The third-order valence-corrected chi connectivity index (χ3v) is 3.61. The maximum Gasteiger partial charge on any atom is 0.412 e. The van der Waals surface area contributed by atoms with Gasteiger partial charge < -0.3 is 10.5 Å². The number of anilines is 1. The Bertz CT molecular complexity index is 511. The van der Waals surface area contributed by atoms with E-state index in [0.717, 1.165) is 17.0 Å². The molecule has 3 N–H and O–H groups in total. The van der Waals surface area contributed by atoms with E-state index in [2.05, 4.69) is 5.32 Å². The van der Waals surface area contributed by atoms with Crippen LogP contribution < -0.4 is 11.1 Å². The molecule has 1 aliphatic carbocycles. The molecule has 0 aliphatic heterocycles. The monoisotopic (exact) mass is 296 g/mol. The first-order valence-electron chi connectivity index (χ1n) is 6.79. The van der Waals surface area contributed by atoms with Gasteiger partial charge in [-0.25, -0.2) is 4.79 Å². The zero-order chi connectivity index (χ0) is 14.9. The van der Waals surface area contributed by atoms with Crippen molar-refractivity contribution in [1.82, 2.24) is 0 Å². The number of amides is 1. The minimum atomic E-state index is -0.513. The van der Waals surface area contributed by atoms with Gasteiger partial charge in [0.1, 0.15) is 5.60 Å². The highest BCUT2D eigenvalue weighted by Crippen LogP contribution is 2.49. The largest absolute Gasteiger partial charge is 0.444 e. The lowest BCUT2D eigenvalue weighted by Crippen LogP contribution is -2.27. The number of carbonyl (C=O) groups is 1. The van der Waals surface area contributed by atoms with Crippen LogP contribution >= 0.6 is 11.6 Å². The van der Waals surface area contributed by atoms with E-state index in [1.807, 2.05) is 26.8 Å². The molecule has 0 bridgehead atoms. The van der Waals surface area contributed by atoms with Crippen LogP contribution in [0.15, 0.2) is 18.2 Å². The highest BCUT2D eigenvalue weighted by molar-refractivity contribution is 6.31. The van der Waals surface area contributed by atoms with E-state index in [1.54, 1.807) is 12.1 Å². The van der Waals surface area contributed by atoms with E-state index in [4.69, 9.17) is 22.1 Å². The van der Waals surface area contributed by atoms with Crippen LogP contribution in [0.4, 0.5) is 10.5 Å². The van der Waals surface area contributed by atoms with Gasteiger partial charge in [0.25, 0.3) is 0 Å². The molecule has 5 heteroatoms. The number of hydrogen-bond donors (Lipinski definition) is 2. The summed E-state index contributed by atoms with van der Waals surface area (Å²) in [5, 5.41) is 3.45. The van der Waals surface area contributed by atoms with E-state index in [-0.39, 0.29) is 0 Å². The second kappa shape index (κ2) is 5.62. The zero-order valence-electron chi connectivity index (χ0n) is 12.1. The average Bonchev–Trinajstić information content (AvgIpc) is 3.08. The number of benzene rings is 1. The predicted molar refractivity (Wildman–Crippen MR) is 81.2 cm³/mol. The molecule has 0 heterocycles. The van der Waals surface area contributed by atoms with E-state index >= 15 is 0 Å². The van der Waals surface area contributed by atoms with Crippen LogP contribution in [0.1, 0.15) is 38.7 Å². The van der Waals surface area contributed by atoms with Crippen LogP contribution in [0.2, 0.25) is 5.02 Å². The molecule has 0 aromatic heterocycles. The minimum absolute atomic E-state index is 0.410. The van der Waals surface area contributed by atoms with Gasteiger partial charge in [-0.3, -0.25) is 5.32 Å². The summed E-state index contributed by atoms with van der Waals surface area (Å²) in [6.07, 6.45) is 0.600. The third-order valence-electron chi connectivity index (χ3n) is 3.27. The van der Waals surface area contributed by atoms with Gasteiger partial charge in [-0.1, -0.05) is 11.6 Å². The molecule has 4 nitrogen and oxygen atoms in total. The molecule has 20 heavy (non-hydrogen) atoms. The fourth-order valence-corrected chi connectivity index (χ4v) is 2.47. The van der Waals surface area contributed by atoms with Crippen molar-refractivity contribution in [1.29, 1.82) is 0 Å². The lowest BCUT2D eigenvalue weighted by Gasteiger charge is -2.20. The van der Waals surface area contributed by atoms with Crippen LogP contribution in [-0.4, -0.2) is 18.2 Å². The molecular formula is C15H21ClN2O2. The zero-order valence-corrected chi connectivity index (χ0v) is 12.8. The molecule has 2 atom stereocenters. The topological polar surface area (TPSA) is 64.3 Å². The van der Waals surface area contributed by atoms with Crippen molar-refractivity contribution >= 4 is 23.4 Å². The fraction of sp³-hybridized carbons (Fsp3) is 0.533. The van der Waals surface area contributed by atoms with E-state index < -0.39 is 11.7 Å². The lowest BCUT2D eigenvalue weighted by molar-refractivity contribution is 0.0636. The Morgan fingerprint density at radius 1 is 1.50 bits per heavy atom. The molecule has 1 saturated carbocycles. The van der Waals surface area contributed by atoms with Crippen molar-refractivity contribution in [3.8, 4) is 0 Å². The number of nitrogens with two attached hydrogens (primary N) is 1. The smallest absolute Gasteiger partial charge is 0.412 e. The summed E-state index contributed by atoms with van der Waals surface area (Å²) in [7, 11) is 0. The first-order chi connectivity index (χ1) is 9.30. The van der Waals surface area contributed by atoms with E-state index in [0.29, 0.717) is 24.1 Å². The first kappa shape index (κ1) is 15.1. The highest BCUT2D eigenvalue weighted by Gasteiger charge is 2.38. The van der Waals surface area contributed by atoms with Crippen LogP contribution in [0.3, 0.4) is 0 Å². The van der Waals surface area contributed by atoms with Gasteiger partial charge in [-0.2, -0.15) is 0 Å². The summed E-state index contributed by atoms with van der Waals surface area (Å²) >= 11 is 6.21. The Hall–Kier alpha value is -1.26. The summed E-state index contributed by atoms with van der Waals surface area (Å²) in [5.41, 5.74) is 6.90. The molecule has 1 amide bonds. The summed E-state index contributed by atoms with van der Waals surface area (Å²) in [6, 6.07) is 5.48. The van der Waals surface area contributed by atoms with Crippen molar-refractivity contribution in [2.75, 3.05) is 11.9 Å². The molecular weight excluding hydrogens is 276 g/mol. The second-order valence-electron chi connectivity index (χ2n) is 6.20. The number of carbonyl (C=O) groups excluding carboxylic acids is 1. The summed E-state index contributed by atoms with van der Waals surface area (Å²) in [4.78, 5) is 11.7. The summed E-state index contributed by atoms with van der Waals surface area (Å²) in [5.74, 6) is 0.914. The first-order valence-corrected chi connectivity index (χ1v) is 7.17. The summed E-state index contributed by atoms with van der Waals surface area (Å²) in [6.45, 7) is 6.16. The molecule has 0 radical (unpaired) electrons. The quantitative estimate of drug-likeness (QED) is 0.893. The Morgan fingerprint density at radius 3 is 2.75 bits per heavy atom. The molecule has 110 valence electrons. The molecule has 0 saturated heterocycles. The Morgan fingerprint density at radius 2 is 2.20 bits per heavy atom. The van der Waals surface area contributed by atoms with Crippen LogP contribution in [0, 0.1) is 5.92 Å². The average molecular weight is 297 g/mol. The molecule has 1 aliphatic rings. The highest BCUT2D eigenvalue weighted by atomic mass is 35.5. The van der Waals surface area contributed by atoms with Gasteiger partial charge in [0, 0.05) is 10.7 Å². The van der Waals surface area contributed by atoms with Gasteiger partial charge in [0.15, 0.2) is 0 Å². The van der Waals surface area contributed by atoms with Crippen molar-refractivity contribution in [2.24, 2.45) is 11.7 Å². The number of rotatable bonds is 3. The van der Waals surface area contributed by atoms with Gasteiger partial charge in [0.2, 0.25) is 0 Å². The molecule has 2 rings (SSSR count). The van der Waals surface area contributed by atoms with E-state index in [1.165, 1.54) is 0 Å². The number of halogens is 1. The molecule has 1 fully saturated rings. The van der Waals surface area contributed by atoms with Crippen LogP contribution in [-0.2, 0) is 4.74 Å². The number of nitrogens with one attached hydrogen (secondary N) is 1. The number of ether oxygens (including phenoxy) is 1. The van der Waals surface area contributed by atoms with Gasteiger partial charge >= 0.3 is 6.09 Å². The predicted octanol–water partition coefficient (Wildman–Crippen LogP) is 3.75. The van der Waals surface area contributed by atoms with Crippen LogP contribution in [0.5, 0.6) is 0 Å². The SMILES string of the molecule is CC(C)(C)OC(=O)Nc1ccc(Cl)c(C2CC2CN)c1. The van der Waals surface area contributed by atoms with Gasteiger partial charge in [-0.05, 0) is 69.3 Å². The van der Waals surface area contributed by atoms with Crippen molar-refractivity contribution in [3.05, 3.63) is 28.8 Å². The normalized spacial score (nSPS) is 21.4. The van der Waals surface area contributed by atoms with Crippen molar-refractivity contribution in [3.63, 3.8) is 0 Å². The Labute approximate surface area is 124 Å². The summed E-state index contributed by atoms with van der Waals surface area (Å²) < 4.78 is 5.23. The molecule has 1 aromatic rings. The maximum atomic E-state index is 11.7.